The highest BCUT2D eigenvalue weighted by molar-refractivity contribution is 6.33. The largest absolute Gasteiger partial charge is 0.139 e. The zero-order valence-electron chi connectivity index (χ0n) is 15.6. The van der Waals surface area contributed by atoms with Gasteiger partial charge in [0.2, 0.25) is 0 Å². The van der Waals surface area contributed by atoms with Gasteiger partial charge in [-0.05, 0) is 44.5 Å². The lowest BCUT2D eigenvalue weighted by atomic mass is 9.69. The van der Waals surface area contributed by atoms with E-state index in [4.69, 9.17) is 0 Å². The standard InChI is InChI=1S/C25H18B2/c26-15-9-11-19-20-12-10-16(27)14-24(20)25(23(19)13-15)21-7-3-1-5-17(21)18-6-2-4-8-22(18)25/h1-14H,26-27H2. The molecule has 2 aliphatic carbocycles. The predicted octanol–water partition coefficient (Wildman–Crippen LogP) is 2.55. The molecule has 0 aliphatic heterocycles. The molecule has 4 aromatic rings. The topological polar surface area (TPSA) is 0 Å². The first-order valence-electron chi connectivity index (χ1n) is 9.63. The fraction of sp³-hybridized carbons (Fsp3) is 0.0400. The molecular formula is C25H18B2. The minimum atomic E-state index is -0.199. The van der Waals surface area contributed by atoms with Crippen LogP contribution in [0.25, 0.3) is 22.3 Å². The zero-order valence-corrected chi connectivity index (χ0v) is 15.6. The molecular weight excluding hydrogens is 322 g/mol. The Morgan fingerprint density at radius 3 is 1.33 bits per heavy atom. The molecule has 4 aromatic carbocycles. The van der Waals surface area contributed by atoms with Gasteiger partial charge in [-0.3, -0.25) is 0 Å². The second-order valence-electron chi connectivity index (χ2n) is 7.94. The summed E-state index contributed by atoms with van der Waals surface area (Å²) < 4.78 is 0. The van der Waals surface area contributed by atoms with Crippen molar-refractivity contribution in [2.24, 2.45) is 0 Å². The molecule has 1 spiro atoms. The molecule has 2 heteroatoms. The Balaban J connectivity index is 1.88. The molecule has 6 rings (SSSR count). The molecule has 0 atom stereocenters. The van der Waals surface area contributed by atoms with Gasteiger partial charge in [0.25, 0.3) is 0 Å². The minimum Gasteiger partial charge on any atom is -0.0886 e. The van der Waals surface area contributed by atoms with Gasteiger partial charge in [0, 0.05) is 0 Å². The van der Waals surface area contributed by atoms with Gasteiger partial charge in [0.1, 0.15) is 15.7 Å². The summed E-state index contributed by atoms with van der Waals surface area (Å²) in [5, 5.41) is 0. The lowest BCUT2D eigenvalue weighted by molar-refractivity contribution is 0.795. The molecule has 0 aromatic heterocycles. The van der Waals surface area contributed by atoms with E-state index in [1.807, 2.05) is 0 Å². The molecule has 0 amide bonds. The number of hydrogen-bond acceptors (Lipinski definition) is 0. The summed E-state index contributed by atoms with van der Waals surface area (Å²) in [7, 11) is 4.41. The fourth-order valence-corrected chi connectivity index (χ4v) is 5.37. The highest BCUT2D eigenvalue weighted by Gasteiger charge is 2.51. The van der Waals surface area contributed by atoms with Crippen molar-refractivity contribution < 1.29 is 0 Å². The number of hydrogen-bond donors (Lipinski definition) is 0. The summed E-state index contributed by atoms with van der Waals surface area (Å²) >= 11 is 0. The van der Waals surface area contributed by atoms with Crippen LogP contribution in [0.5, 0.6) is 0 Å². The quantitative estimate of drug-likeness (QED) is 0.373. The van der Waals surface area contributed by atoms with Gasteiger partial charge < -0.3 is 0 Å². The summed E-state index contributed by atoms with van der Waals surface area (Å²) in [6, 6.07) is 31.9. The second-order valence-corrected chi connectivity index (χ2v) is 7.94. The van der Waals surface area contributed by atoms with Crippen LogP contribution in [0.2, 0.25) is 0 Å². The van der Waals surface area contributed by atoms with E-state index in [1.54, 1.807) is 0 Å². The Hall–Kier alpha value is -2.99. The van der Waals surface area contributed by atoms with Crippen LogP contribution in [0, 0.1) is 0 Å². The lowest BCUT2D eigenvalue weighted by Crippen LogP contribution is -2.28. The van der Waals surface area contributed by atoms with E-state index < -0.39 is 0 Å². The van der Waals surface area contributed by atoms with Crippen molar-refractivity contribution in [3.63, 3.8) is 0 Å². The summed E-state index contributed by atoms with van der Waals surface area (Å²) in [6.07, 6.45) is 0. The highest BCUT2D eigenvalue weighted by Crippen LogP contribution is 2.62. The van der Waals surface area contributed by atoms with Crippen molar-refractivity contribution in [2.45, 2.75) is 5.41 Å². The van der Waals surface area contributed by atoms with Gasteiger partial charge in [0.05, 0.1) is 5.41 Å². The van der Waals surface area contributed by atoms with Gasteiger partial charge in [0.15, 0.2) is 0 Å². The van der Waals surface area contributed by atoms with Crippen molar-refractivity contribution in [2.75, 3.05) is 0 Å². The van der Waals surface area contributed by atoms with E-state index in [-0.39, 0.29) is 5.41 Å². The first-order valence-corrected chi connectivity index (χ1v) is 9.63. The monoisotopic (exact) mass is 340 g/mol. The molecule has 124 valence electrons. The van der Waals surface area contributed by atoms with Crippen molar-refractivity contribution >= 4 is 26.6 Å². The van der Waals surface area contributed by atoms with Crippen LogP contribution in [-0.4, -0.2) is 15.7 Å². The van der Waals surface area contributed by atoms with Crippen LogP contribution >= 0.6 is 0 Å². The Labute approximate surface area is 161 Å². The molecule has 0 N–H and O–H groups in total. The van der Waals surface area contributed by atoms with Gasteiger partial charge in [-0.25, -0.2) is 0 Å². The lowest BCUT2D eigenvalue weighted by Gasteiger charge is -2.30. The minimum absolute atomic E-state index is 0.199. The van der Waals surface area contributed by atoms with E-state index in [0.717, 1.165) is 0 Å². The summed E-state index contributed by atoms with van der Waals surface area (Å²) in [5.74, 6) is 0. The molecule has 0 radical (unpaired) electrons. The third-order valence-corrected chi connectivity index (χ3v) is 6.40. The number of fused-ring (bicyclic) bond motifs is 10. The molecule has 27 heavy (non-hydrogen) atoms. The Kier molecular flexibility index (Phi) is 2.82. The fourth-order valence-electron chi connectivity index (χ4n) is 5.37. The molecule has 2 aliphatic rings. The van der Waals surface area contributed by atoms with E-state index in [0.29, 0.717) is 0 Å². The molecule has 0 saturated carbocycles. The maximum absolute atomic E-state index is 2.41. The first kappa shape index (κ1) is 15.1. The van der Waals surface area contributed by atoms with Crippen LogP contribution in [0.1, 0.15) is 22.3 Å². The van der Waals surface area contributed by atoms with Gasteiger partial charge >= 0.3 is 0 Å². The average Bonchev–Trinajstić information content (AvgIpc) is 3.14. The number of benzene rings is 4. The van der Waals surface area contributed by atoms with E-state index in [2.05, 4.69) is 101 Å². The van der Waals surface area contributed by atoms with Crippen LogP contribution in [0.4, 0.5) is 0 Å². The Morgan fingerprint density at radius 2 is 0.852 bits per heavy atom. The summed E-state index contributed by atoms with van der Waals surface area (Å²) in [6.45, 7) is 0. The summed E-state index contributed by atoms with van der Waals surface area (Å²) in [4.78, 5) is 0. The van der Waals surface area contributed by atoms with Gasteiger partial charge in [-0.1, -0.05) is 95.9 Å². The smallest absolute Gasteiger partial charge is 0.0886 e. The van der Waals surface area contributed by atoms with Crippen molar-refractivity contribution in [3.8, 4) is 22.3 Å². The third kappa shape index (κ3) is 1.71. The highest BCUT2D eigenvalue weighted by atomic mass is 14.5. The molecule has 0 fully saturated rings. The van der Waals surface area contributed by atoms with Crippen LogP contribution in [0.3, 0.4) is 0 Å². The molecule has 0 bridgehead atoms. The molecule has 0 unspecified atom stereocenters. The normalized spacial score (nSPS) is 14.5. The SMILES string of the molecule is Bc1ccc2c(c1)C1(c3ccccc3-c3ccccc31)c1cc(B)ccc1-2. The first-order chi connectivity index (χ1) is 13.2. The summed E-state index contributed by atoms with van der Waals surface area (Å²) in [5.41, 5.74) is 13.6. The second kappa shape index (κ2) is 5.04. The van der Waals surface area contributed by atoms with Gasteiger partial charge in [-0.15, -0.1) is 0 Å². The predicted molar refractivity (Wildman–Crippen MR) is 119 cm³/mol. The van der Waals surface area contributed by atoms with E-state index >= 15 is 0 Å². The van der Waals surface area contributed by atoms with Crippen LogP contribution in [0.15, 0.2) is 84.9 Å². The maximum atomic E-state index is 2.41. The van der Waals surface area contributed by atoms with Crippen molar-refractivity contribution in [3.05, 3.63) is 107 Å². The van der Waals surface area contributed by atoms with Crippen LogP contribution < -0.4 is 10.9 Å². The molecule has 0 saturated heterocycles. The molecule has 0 heterocycles. The Morgan fingerprint density at radius 1 is 0.444 bits per heavy atom. The van der Waals surface area contributed by atoms with Crippen molar-refractivity contribution in [1.82, 2.24) is 0 Å². The average molecular weight is 340 g/mol. The van der Waals surface area contributed by atoms with E-state index in [1.165, 1.54) is 55.4 Å². The van der Waals surface area contributed by atoms with Gasteiger partial charge in [-0.2, -0.15) is 0 Å². The third-order valence-electron chi connectivity index (χ3n) is 6.40. The van der Waals surface area contributed by atoms with Crippen molar-refractivity contribution in [1.29, 1.82) is 0 Å². The van der Waals surface area contributed by atoms with E-state index in [9.17, 15) is 0 Å². The number of rotatable bonds is 0. The molecule has 0 nitrogen and oxygen atoms in total. The zero-order chi connectivity index (χ0) is 18.2. The van der Waals surface area contributed by atoms with Crippen LogP contribution in [-0.2, 0) is 5.41 Å². The maximum Gasteiger partial charge on any atom is 0.139 e. The Bertz CT molecular complexity index is 1150.